The molecule has 33 heavy (non-hydrogen) atoms. The number of piperidine rings is 1. The van der Waals surface area contributed by atoms with Gasteiger partial charge in [0.15, 0.2) is 0 Å². The highest BCUT2D eigenvalue weighted by atomic mass is 19.1. The van der Waals surface area contributed by atoms with Crippen LogP contribution in [0.3, 0.4) is 0 Å². The van der Waals surface area contributed by atoms with E-state index in [2.05, 4.69) is 20.0 Å². The summed E-state index contributed by atoms with van der Waals surface area (Å²) in [5, 5.41) is 17.7. The average molecular weight is 457 g/mol. The normalized spacial score (nSPS) is 30.6. The molecule has 1 unspecified atom stereocenters. The molecule has 2 aromatic rings. The van der Waals surface area contributed by atoms with Crippen LogP contribution in [0.25, 0.3) is 0 Å². The molecule has 4 aliphatic rings. The third-order valence-electron chi connectivity index (χ3n) is 8.44. The van der Waals surface area contributed by atoms with Crippen LogP contribution < -0.4 is 4.90 Å². The summed E-state index contributed by atoms with van der Waals surface area (Å²) >= 11 is 0. The predicted octanol–water partition coefficient (Wildman–Crippen LogP) is 3.45. The molecule has 1 aliphatic carbocycles. The largest absolute Gasteiger partial charge is 0.411 e. The van der Waals surface area contributed by atoms with Gasteiger partial charge >= 0.3 is 6.01 Å². The second-order valence-electron chi connectivity index (χ2n) is 10.5. The topological polar surface area (TPSA) is 74.9 Å². The van der Waals surface area contributed by atoms with Crippen molar-refractivity contribution < 1.29 is 18.7 Å². The van der Waals surface area contributed by atoms with E-state index in [1.807, 2.05) is 6.07 Å². The van der Waals surface area contributed by atoms with Crippen LogP contribution in [0, 0.1) is 5.82 Å². The lowest BCUT2D eigenvalue weighted by Crippen LogP contribution is -2.62. The maximum absolute atomic E-state index is 14.2. The maximum Gasteiger partial charge on any atom is 0.318 e. The van der Waals surface area contributed by atoms with Crippen molar-refractivity contribution in [3.05, 3.63) is 41.5 Å². The number of likely N-dealkylation sites (tertiary alicyclic amines) is 1. The lowest BCUT2D eigenvalue weighted by molar-refractivity contribution is -0.0216. The first-order chi connectivity index (χ1) is 16.1. The molecule has 0 amide bonds. The van der Waals surface area contributed by atoms with Gasteiger partial charge in [0.25, 0.3) is 0 Å². The number of halogens is 1. The van der Waals surface area contributed by atoms with Gasteiger partial charge in [-0.2, -0.15) is 0 Å². The number of anilines is 1. The van der Waals surface area contributed by atoms with Crippen LogP contribution in [0.4, 0.5) is 10.4 Å². The highest BCUT2D eigenvalue weighted by Gasteiger charge is 2.52. The van der Waals surface area contributed by atoms with Gasteiger partial charge < -0.3 is 19.2 Å². The van der Waals surface area contributed by atoms with Gasteiger partial charge in [-0.25, -0.2) is 4.39 Å². The minimum absolute atomic E-state index is 0.0861. The lowest BCUT2D eigenvalue weighted by atomic mass is 9.76. The van der Waals surface area contributed by atoms with Crippen LogP contribution in [-0.4, -0.2) is 70.7 Å². The number of aromatic nitrogens is 2. The summed E-state index contributed by atoms with van der Waals surface area (Å²) in [4.78, 5) is 4.66. The van der Waals surface area contributed by atoms with E-state index >= 15 is 0 Å². The zero-order valence-electron chi connectivity index (χ0n) is 19.0. The molecule has 4 heterocycles. The highest BCUT2D eigenvalue weighted by molar-refractivity contribution is 5.36. The number of aliphatic hydroxyl groups excluding tert-OH is 1. The minimum atomic E-state index is -0.167. The molecule has 3 saturated heterocycles. The van der Waals surface area contributed by atoms with Gasteiger partial charge in [-0.3, -0.25) is 4.90 Å². The second kappa shape index (κ2) is 8.64. The molecule has 6 rings (SSSR count). The second-order valence-corrected chi connectivity index (χ2v) is 10.5. The van der Waals surface area contributed by atoms with E-state index < -0.39 is 0 Å². The molecule has 1 spiro atoms. The molecule has 0 bridgehead atoms. The lowest BCUT2D eigenvalue weighted by Gasteiger charge is -2.46. The fourth-order valence-electron chi connectivity index (χ4n) is 6.60. The molecule has 178 valence electrons. The Balaban J connectivity index is 1.07. The van der Waals surface area contributed by atoms with Crippen molar-refractivity contribution in [2.24, 2.45) is 0 Å². The molecule has 8 heteroatoms. The fraction of sp³-hybridized carbons (Fsp3) is 0.680. The van der Waals surface area contributed by atoms with E-state index in [0.717, 1.165) is 77.7 Å². The molecule has 1 saturated carbocycles. The smallest absolute Gasteiger partial charge is 0.318 e. The summed E-state index contributed by atoms with van der Waals surface area (Å²) < 4.78 is 25.8. The number of nitrogens with zero attached hydrogens (tertiary/aromatic N) is 4. The van der Waals surface area contributed by atoms with Gasteiger partial charge in [-0.15, -0.1) is 5.10 Å². The van der Waals surface area contributed by atoms with Crippen LogP contribution in [0.2, 0.25) is 0 Å². The van der Waals surface area contributed by atoms with Crippen molar-refractivity contribution in [2.45, 2.75) is 74.5 Å². The minimum Gasteiger partial charge on any atom is -0.411 e. The molecule has 1 aromatic carbocycles. The van der Waals surface area contributed by atoms with Crippen LogP contribution in [0.5, 0.6) is 0 Å². The molecular weight excluding hydrogens is 423 g/mol. The number of hydrogen-bond donors (Lipinski definition) is 1. The van der Waals surface area contributed by atoms with Crippen molar-refractivity contribution >= 4 is 6.01 Å². The van der Waals surface area contributed by atoms with Crippen molar-refractivity contribution in [2.75, 3.05) is 37.7 Å². The molecular formula is C25H33FN4O3. The standard InChI is InChI=1S/C25H33FN4O3/c26-19-3-6-22(17-1-4-21(31)5-2-17)23(11-19)18-7-9-29(10-8-18)20-12-25(33-13-20)14-30(15-25)24-28-27-16-32-24/h3,6,11,16-18,20-21,31H,1-2,4-5,7-10,12-15H2. The Hall–Kier alpha value is -2.03. The monoisotopic (exact) mass is 456 g/mol. The van der Waals surface area contributed by atoms with Crippen molar-refractivity contribution in [1.82, 2.24) is 15.1 Å². The van der Waals surface area contributed by atoms with E-state index in [0.29, 0.717) is 23.9 Å². The SMILES string of the molecule is OC1CCC(c2ccc(F)cc2C2CCN(C3COC4(C3)CN(c3nnco3)C4)CC2)CC1. The Kier molecular flexibility index (Phi) is 5.63. The van der Waals surface area contributed by atoms with Gasteiger partial charge in [0.05, 0.1) is 25.8 Å². The molecule has 3 aliphatic heterocycles. The fourth-order valence-corrected chi connectivity index (χ4v) is 6.60. The molecule has 1 N–H and O–H groups in total. The first kappa shape index (κ1) is 21.5. The van der Waals surface area contributed by atoms with Crippen LogP contribution in [-0.2, 0) is 4.74 Å². The van der Waals surface area contributed by atoms with E-state index in [9.17, 15) is 9.50 Å². The maximum atomic E-state index is 14.2. The van der Waals surface area contributed by atoms with Gasteiger partial charge in [0.1, 0.15) is 11.4 Å². The Morgan fingerprint density at radius 2 is 1.76 bits per heavy atom. The molecule has 0 radical (unpaired) electrons. The number of hydrogen-bond acceptors (Lipinski definition) is 7. The predicted molar refractivity (Wildman–Crippen MR) is 121 cm³/mol. The quantitative estimate of drug-likeness (QED) is 0.755. The average Bonchev–Trinajstić information content (AvgIpc) is 3.49. The molecule has 7 nitrogen and oxygen atoms in total. The summed E-state index contributed by atoms with van der Waals surface area (Å²) in [7, 11) is 0. The van der Waals surface area contributed by atoms with Crippen LogP contribution in [0.1, 0.15) is 67.9 Å². The summed E-state index contributed by atoms with van der Waals surface area (Å²) in [5.41, 5.74) is 2.45. The Morgan fingerprint density at radius 1 is 1.00 bits per heavy atom. The first-order valence-electron chi connectivity index (χ1n) is 12.5. The van der Waals surface area contributed by atoms with Crippen molar-refractivity contribution in [3.63, 3.8) is 0 Å². The van der Waals surface area contributed by atoms with Gasteiger partial charge in [0, 0.05) is 6.04 Å². The third-order valence-corrected chi connectivity index (χ3v) is 8.44. The number of rotatable bonds is 4. The zero-order valence-corrected chi connectivity index (χ0v) is 19.0. The zero-order chi connectivity index (χ0) is 22.4. The number of aliphatic hydroxyl groups is 1. The first-order valence-corrected chi connectivity index (χ1v) is 12.5. The van der Waals surface area contributed by atoms with Gasteiger partial charge in [0.2, 0.25) is 6.39 Å². The summed E-state index contributed by atoms with van der Waals surface area (Å²) in [5.74, 6) is 0.728. The van der Waals surface area contributed by atoms with E-state index in [4.69, 9.17) is 9.15 Å². The van der Waals surface area contributed by atoms with Gasteiger partial charge in [-0.05, 0) is 93.1 Å². The number of ether oxygens (including phenoxy) is 1. The molecule has 1 aromatic heterocycles. The van der Waals surface area contributed by atoms with Crippen molar-refractivity contribution in [3.8, 4) is 0 Å². The summed E-state index contributed by atoms with van der Waals surface area (Å²) in [6, 6.07) is 6.44. The van der Waals surface area contributed by atoms with Crippen LogP contribution in [0.15, 0.2) is 29.0 Å². The van der Waals surface area contributed by atoms with E-state index in [1.54, 1.807) is 12.1 Å². The third kappa shape index (κ3) is 4.17. The van der Waals surface area contributed by atoms with Gasteiger partial charge in [-0.1, -0.05) is 11.2 Å². The Bertz CT molecular complexity index is 949. The molecule has 4 fully saturated rings. The summed E-state index contributed by atoms with van der Waals surface area (Å²) in [6.45, 7) is 4.46. The number of benzene rings is 1. The van der Waals surface area contributed by atoms with Crippen molar-refractivity contribution in [1.29, 1.82) is 0 Å². The Labute approximate surface area is 193 Å². The van der Waals surface area contributed by atoms with E-state index in [-0.39, 0.29) is 17.5 Å². The highest BCUT2D eigenvalue weighted by Crippen LogP contribution is 2.42. The summed E-state index contributed by atoms with van der Waals surface area (Å²) in [6.07, 6.45) is 8.07. The van der Waals surface area contributed by atoms with E-state index in [1.165, 1.54) is 17.5 Å². The Morgan fingerprint density at radius 3 is 2.48 bits per heavy atom. The molecule has 1 atom stereocenters. The van der Waals surface area contributed by atoms with Crippen LogP contribution >= 0.6 is 0 Å².